The van der Waals surface area contributed by atoms with E-state index in [1.807, 2.05) is 36.4 Å². The first-order valence-corrected chi connectivity index (χ1v) is 11.7. The van der Waals surface area contributed by atoms with E-state index < -0.39 is 5.41 Å². The number of allylic oxidation sites excluding steroid dienone is 2. The number of hydrogen-bond donors (Lipinski definition) is 1. The molecule has 4 nitrogen and oxygen atoms in total. The van der Waals surface area contributed by atoms with E-state index in [-0.39, 0.29) is 28.8 Å². The van der Waals surface area contributed by atoms with Crippen molar-refractivity contribution in [3.8, 4) is 0 Å². The minimum Gasteiger partial charge on any atom is -1.00 e. The van der Waals surface area contributed by atoms with E-state index in [0.29, 0.717) is 6.04 Å². The van der Waals surface area contributed by atoms with Gasteiger partial charge in [0.15, 0.2) is 0 Å². The van der Waals surface area contributed by atoms with Gasteiger partial charge in [-0.2, -0.15) is 0 Å². The number of primary amides is 1. The highest BCUT2D eigenvalue weighted by Gasteiger charge is 2.51. The summed E-state index contributed by atoms with van der Waals surface area (Å²) in [6, 6.07) is 20.6. The molecule has 5 heteroatoms. The average Bonchev–Trinajstić information content (AvgIpc) is 3.43. The van der Waals surface area contributed by atoms with Gasteiger partial charge in [0.1, 0.15) is 30.4 Å². The average molecular weight is 509 g/mol. The molecule has 0 aliphatic heterocycles. The normalized spacial score (nSPS) is 18.4. The molecule has 2 aromatic carbocycles. The number of aromatic nitrogens is 2. The fourth-order valence-electron chi connectivity index (χ4n) is 5.58. The summed E-state index contributed by atoms with van der Waals surface area (Å²) in [4.78, 5) is 13.3. The highest BCUT2D eigenvalue weighted by atomic mass is 79.9. The zero-order chi connectivity index (χ0) is 22.6. The van der Waals surface area contributed by atoms with Crippen LogP contribution in [0.4, 0.5) is 0 Å². The predicted molar refractivity (Wildman–Crippen MR) is 128 cm³/mol. The summed E-state index contributed by atoms with van der Waals surface area (Å²) >= 11 is 0. The van der Waals surface area contributed by atoms with E-state index in [1.54, 1.807) is 0 Å². The number of rotatable bonds is 8. The Bertz CT molecular complexity index is 1040. The molecule has 1 amide bonds. The van der Waals surface area contributed by atoms with Gasteiger partial charge in [-0.15, -0.1) is 0 Å². The second-order valence-corrected chi connectivity index (χ2v) is 8.85. The Morgan fingerprint density at radius 2 is 1.67 bits per heavy atom. The van der Waals surface area contributed by atoms with Gasteiger partial charge in [0.2, 0.25) is 5.91 Å². The lowest BCUT2D eigenvalue weighted by Gasteiger charge is -2.37. The molecule has 1 fully saturated rings. The molecule has 0 bridgehead atoms. The second kappa shape index (κ2) is 11.0. The Labute approximate surface area is 207 Å². The second-order valence-electron chi connectivity index (χ2n) is 8.85. The number of nitrogens with two attached hydrogens (primary N) is 1. The van der Waals surface area contributed by atoms with Crippen LogP contribution in [0, 0.1) is 12.8 Å². The van der Waals surface area contributed by atoms with Gasteiger partial charge in [-0.1, -0.05) is 73.7 Å². The lowest BCUT2D eigenvalue weighted by atomic mass is 9.64. The zero-order valence-electron chi connectivity index (χ0n) is 19.5. The van der Waals surface area contributed by atoms with Crippen molar-refractivity contribution in [2.24, 2.45) is 11.7 Å². The summed E-state index contributed by atoms with van der Waals surface area (Å²) in [7, 11) is 0. The molecule has 0 spiro atoms. The van der Waals surface area contributed by atoms with Crippen molar-refractivity contribution in [3.05, 3.63) is 102 Å². The monoisotopic (exact) mass is 507 g/mol. The number of amides is 1. The summed E-state index contributed by atoms with van der Waals surface area (Å²) < 4.78 is 4.68. The van der Waals surface area contributed by atoms with Gasteiger partial charge in [-0.3, -0.25) is 4.79 Å². The predicted octanol–water partition coefficient (Wildman–Crippen LogP) is 1.87. The summed E-state index contributed by atoms with van der Waals surface area (Å²) in [6.07, 6.45) is 12.8. The van der Waals surface area contributed by atoms with Gasteiger partial charge in [0, 0.05) is 6.92 Å². The summed E-state index contributed by atoms with van der Waals surface area (Å²) in [5.74, 6) is 1.13. The molecule has 2 N–H and O–H groups in total. The highest BCUT2D eigenvalue weighted by Crippen LogP contribution is 2.49. The molecule has 1 aliphatic carbocycles. The summed E-state index contributed by atoms with van der Waals surface area (Å²) in [5.41, 5.74) is 7.41. The van der Waals surface area contributed by atoms with Crippen molar-refractivity contribution in [1.29, 1.82) is 0 Å². The molecule has 1 aliphatic rings. The van der Waals surface area contributed by atoms with E-state index in [1.165, 1.54) is 5.82 Å². The third-order valence-corrected chi connectivity index (χ3v) is 7.16. The molecule has 0 radical (unpaired) electrons. The van der Waals surface area contributed by atoms with E-state index >= 15 is 0 Å². The standard InChI is InChI=1S/C28H33N3O.BrH/c1-3-4-11-18-30-19-20-31(22(30)2)26-17-16-25(21-26)28(27(29)32,23-12-7-5-8-13-23)24-14-9-6-10-15-24;/h4-15,19-20,25-26H,3,16-18,21H2,1-2H3,(H-,29,32);1H/b11-4+;/t25-,26+;/m1./s1. The maximum atomic E-state index is 13.3. The van der Waals surface area contributed by atoms with Crippen LogP contribution in [-0.4, -0.2) is 10.5 Å². The fraction of sp³-hybridized carbons (Fsp3) is 0.357. The van der Waals surface area contributed by atoms with Gasteiger partial charge in [-0.05, 0) is 48.8 Å². The number of carbonyl (C=O) groups is 1. The van der Waals surface area contributed by atoms with Crippen LogP contribution < -0.4 is 27.3 Å². The van der Waals surface area contributed by atoms with Gasteiger partial charge in [0.05, 0.1) is 0 Å². The van der Waals surface area contributed by atoms with Crippen LogP contribution >= 0.6 is 0 Å². The number of nitrogens with zero attached hydrogens (tertiary/aromatic N) is 2. The molecule has 33 heavy (non-hydrogen) atoms. The molecule has 0 unspecified atom stereocenters. The lowest BCUT2D eigenvalue weighted by Crippen LogP contribution is -3.00. The fourth-order valence-corrected chi connectivity index (χ4v) is 5.58. The molecule has 1 saturated carbocycles. The van der Waals surface area contributed by atoms with Gasteiger partial charge in [0.25, 0.3) is 5.82 Å². The van der Waals surface area contributed by atoms with Gasteiger partial charge >= 0.3 is 0 Å². The molecule has 4 rings (SSSR count). The Morgan fingerprint density at radius 3 is 2.21 bits per heavy atom. The van der Waals surface area contributed by atoms with Crippen molar-refractivity contribution < 1.29 is 26.3 Å². The molecular weight excluding hydrogens is 474 g/mol. The van der Waals surface area contributed by atoms with Crippen LogP contribution in [0.3, 0.4) is 0 Å². The number of benzene rings is 2. The third-order valence-electron chi connectivity index (χ3n) is 7.16. The Kier molecular flexibility index (Phi) is 8.30. The Morgan fingerprint density at radius 1 is 1.06 bits per heavy atom. The van der Waals surface area contributed by atoms with Crippen LogP contribution in [0.25, 0.3) is 0 Å². The first-order valence-electron chi connectivity index (χ1n) is 11.7. The minimum atomic E-state index is -0.821. The van der Waals surface area contributed by atoms with Crippen LogP contribution in [0.5, 0.6) is 0 Å². The minimum absolute atomic E-state index is 0. The zero-order valence-corrected chi connectivity index (χ0v) is 21.1. The SMILES string of the molecule is CC/C=C/C[n+]1ccn([C@H]2CC[C@@H](C(C(N)=O)(c3ccccc3)c3ccccc3)C2)c1C.[Br-]. The maximum Gasteiger partial charge on any atom is 0.253 e. The Balaban J connectivity index is 0.00000306. The third kappa shape index (κ3) is 4.70. The lowest BCUT2D eigenvalue weighted by molar-refractivity contribution is -0.692. The van der Waals surface area contributed by atoms with Crippen LogP contribution in [0.2, 0.25) is 0 Å². The van der Waals surface area contributed by atoms with Gasteiger partial charge in [-0.25, -0.2) is 9.13 Å². The molecule has 1 aromatic heterocycles. The topological polar surface area (TPSA) is 51.9 Å². The number of carbonyl (C=O) groups excluding carboxylic acids is 1. The summed E-state index contributed by atoms with van der Waals surface area (Å²) in [6.45, 7) is 5.23. The van der Waals surface area contributed by atoms with Crippen molar-refractivity contribution in [2.45, 2.75) is 57.5 Å². The summed E-state index contributed by atoms with van der Waals surface area (Å²) in [5, 5.41) is 0. The van der Waals surface area contributed by atoms with Crippen LogP contribution in [0.1, 0.15) is 55.6 Å². The van der Waals surface area contributed by atoms with E-state index in [4.69, 9.17) is 5.73 Å². The van der Waals surface area contributed by atoms with Crippen molar-refractivity contribution >= 4 is 5.91 Å². The quantitative estimate of drug-likeness (QED) is 0.367. The first kappa shape index (κ1) is 25.0. The van der Waals surface area contributed by atoms with Crippen molar-refractivity contribution in [2.75, 3.05) is 0 Å². The molecule has 174 valence electrons. The van der Waals surface area contributed by atoms with Gasteiger partial charge < -0.3 is 22.7 Å². The van der Waals surface area contributed by atoms with E-state index in [2.05, 4.69) is 71.8 Å². The molecule has 0 saturated heterocycles. The molecule has 3 aromatic rings. The molecule has 1 heterocycles. The Hall–Kier alpha value is -2.66. The first-order chi connectivity index (χ1) is 15.6. The maximum absolute atomic E-state index is 13.3. The number of imidazole rings is 1. The smallest absolute Gasteiger partial charge is 0.253 e. The number of halogens is 1. The largest absolute Gasteiger partial charge is 1.00 e. The highest BCUT2D eigenvalue weighted by molar-refractivity contribution is 5.91. The molecular formula is C28H34BrN3O. The number of hydrogen-bond acceptors (Lipinski definition) is 1. The van der Waals surface area contributed by atoms with Crippen molar-refractivity contribution in [3.63, 3.8) is 0 Å². The van der Waals surface area contributed by atoms with E-state index in [9.17, 15) is 4.79 Å². The van der Waals surface area contributed by atoms with E-state index in [0.717, 1.165) is 43.4 Å². The van der Waals surface area contributed by atoms with Crippen LogP contribution in [-0.2, 0) is 16.8 Å². The van der Waals surface area contributed by atoms with Crippen LogP contribution in [0.15, 0.2) is 85.2 Å². The van der Waals surface area contributed by atoms with Crippen molar-refractivity contribution in [1.82, 2.24) is 4.57 Å². The molecule has 2 atom stereocenters.